The molecule has 0 fully saturated rings. The van der Waals surface area contributed by atoms with Crippen molar-refractivity contribution in [1.82, 2.24) is 4.90 Å². The topological polar surface area (TPSA) is 59.0 Å². The lowest BCUT2D eigenvalue weighted by Gasteiger charge is -2.22. The molecule has 0 saturated carbocycles. The lowest BCUT2D eigenvalue weighted by Crippen LogP contribution is -2.35. The van der Waals surface area contributed by atoms with Crippen LogP contribution in [0.2, 0.25) is 0 Å². The van der Waals surface area contributed by atoms with Crippen LogP contribution in [0.4, 0.5) is 0 Å². The molecule has 0 spiro atoms. The van der Waals surface area contributed by atoms with Crippen LogP contribution in [0.1, 0.15) is 16.8 Å². The Morgan fingerprint density at radius 1 is 1.16 bits per heavy atom. The Bertz CT molecular complexity index is 395. The molecule has 0 unspecified atom stereocenters. The molecular weight excluding hydrogens is 246 g/mol. The summed E-state index contributed by atoms with van der Waals surface area (Å²) < 4.78 is 9.99. The van der Waals surface area contributed by atoms with Gasteiger partial charge in [0.05, 0.1) is 12.2 Å². The van der Waals surface area contributed by atoms with Gasteiger partial charge in [-0.15, -0.1) is 0 Å². The van der Waals surface area contributed by atoms with E-state index >= 15 is 0 Å². The highest BCUT2D eigenvalue weighted by molar-refractivity contribution is 5.96. The Morgan fingerprint density at radius 2 is 1.84 bits per heavy atom. The van der Waals surface area contributed by atoms with Gasteiger partial charge in [-0.05, 0) is 18.6 Å². The highest BCUT2D eigenvalue weighted by Gasteiger charge is 2.17. The molecule has 0 atom stereocenters. The molecule has 106 valence electrons. The summed E-state index contributed by atoms with van der Waals surface area (Å²) in [6.07, 6.45) is 0.750. The molecular formula is C14H21NO4. The molecule has 0 aliphatic rings. The maximum atomic E-state index is 12.3. The van der Waals surface area contributed by atoms with Crippen LogP contribution in [-0.4, -0.2) is 56.4 Å². The molecule has 0 aromatic heterocycles. The van der Waals surface area contributed by atoms with Crippen molar-refractivity contribution in [2.24, 2.45) is 0 Å². The number of hydrogen-bond donors (Lipinski definition) is 1. The highest BCUT2D eigenvalue weighted by Crippen LogP contribution is 2.17. The largest absolute Gasteiger partial charge is 0.507 e. The Hall–Kier alpha value is -1.59. The summed E-state index contributed by atoms with van der Waals surface area (Å²) in [5.74, 6) is -0.187. The van der Waals surface area contributed by atoms with Crippen LogP contribution < -0.4 is 0 Å². The molecule has 0 heterocycles. The second-order valence-corrected chi connectivity index (χ2v) is 4.15. The predicted molar refractivity (Wildman–Crippen MR) is 72.4 cm³/mol. The van der Waals surface area contributed by atoms with Crippen LogP contribution >= 0.6 is 0 Å². The van der Waals surface area contributed by atoms with Crippen molar-refractivity contribution >= 4 is 5.91 Å². The molecule has 1 aromatic carbocycles. The average molecular weight is 267 g/mol. The fourth-order valence-electron chi connectivity index (χ4n) is 1.74. The summed E-state index contributed by atoms with van der Waals surface area (Å²) in [7, 11) is 3.22. The Morgan fingerprint density at radius 3 is 2.47 bits per heavy atom. The molecule has 1 aromatic rings. The SMILES string of the molecule is COCCCN(CCOC)C(=O)c1ccccc1O. The fourth-order valence-corrected chi connectivity index (χ4v) is 1.74. The molecule has 19 heavy (non-hydrogen) atoms. The zero-order valence-electron chi connectivity index (χ0n) is 11.5. The van der Waals surface area contributed by atoms with Crippen LogP contribution in [0, 0.1) is 0 Å². The molecule has 1 rings (SSSR count). The van der Waals surface area contributed by atoms with E-state index in [0.717, 1.165) is 6.42 Å². The summed E-state index contributed by atoms with van der Waals surface area (Å²) >= 11 is 0. The minimum absolute atomic E-state index is 0.00154. The summed E-state index contributed by atoms with van der Waals surface area (Å²) in [5.41, 5.74) is 0.316. The van der Waals surface area contributed by atoms with E-state index in [9.17, 15) is 9.90 Å². The number of phenolic OH excluding ortho intramolecular Hbond substituents is 1. The van der Waals surface area contributed by atoms with Crippen LogP contribution in [0.5, 0.6) is 5.75 Å². The fraction of sp³-hybridized carbons (Fsp3) is 0.500. The zero-order valence-corrected chi connectivity index (χ0v) is 11.5. The molecule has 1 N–H and O–H groups in total. The van der Waals surface area contributed by atoms with Crippen molar-refractivity contribution in [3.63, 3.8) is 0 Å². The average Bonchev–Trinajstić information content (AvgIpc) is 2.42. The number of benzene rings is 1. The van der Waals surface area contributed by atoms with Crippen LogP contribution in [-0.2, 0) is 9.47 Å². The van der Waals surface area contributed by atoms with Gasteiger partial charge in [0, 0.05) is 33.9 Å². The van der Waals surface area contributed by atoms with Gasteiger partial charge in [-0.3, -0.25) is 4.79 Å². The van der Waals surface area contributed by atoms with Crippen molar-refractivity contribution in [3.05, 3.63) is 29.8 Å². The first-order valence-electron chi connectivity index (χ1n) is 6.25. The number of carbonyl (C=O) groups excluding carboxylic acids is 1. The standard InChI is InChI=1S/C14H21NO4/c1-18-10-5-8-15(9-11-19-2)14(17)12-6-3-4-7-13(12)16/h3-4,6-7,16H,5,8-11H2,1-2H3. The van der Waals surface area contributed by atoms with Gasteiger partial charge in [0.25, 0.3) is 5.91 Å². The number of aromatic hydroxyl groups is 1. The second-order valence-electron chi connectivity index (χ2n) is 4.15. The second kappa shape index (κ2) is 8.50. The van der Waals surface area contributed by atoms with Gasteiger partial charge >= 0.3 is 0 Å². The number of phenols is 1. The monoisotopic (exact) mass is 267 g/mol. The zero-order chi connectivity index (χ0) is 14.1. The van der Waals surface area contributed by atoms with E-state index in [-0.39, 0.29) is 11.7 Å². The van der Waals surface area contributed by atoms with Crippen LogP contribution in [0.25, 0.3) is 0 Å². The molecule has 0 saturated heterocycles. The molecule has 0 bridgehead atoms. The van der Waals surface area contributed by atoms with Crippen molar-refractivity contribution in [2.45, 2.75) is 6.42 Å². The van der Waals surface area contributed by atoms with E-state index < -0.39 is 0 Å². The van der Waals surface area contributed by atoms with Crippen LogP contribution in [0.15, 0.2) is 24.3 Å². The summed E-state index contributed by atoms with van der Waals surface area (Å²) in [6, 6.07) is 6.55. The predicted octanol–water partition coefficient (Wildman–Crippen LogP) is 1.52. The van der Waals surface area contributed by atoms with Gasteiger partial charge in [-0.2, -0.15) is 0 Å². The van der Waals surface area contributed by atoms with E-state index in [1.165, 1.54) is 6.07 Å². The van der Waals surface area contributed by atoms with Crippen molar-refractivity contribution in [3.8, 4) is 5.75 Å². The normalized spacial score (nSPS) is 10.4. The number of para-hydroxylation sites is 1. The summed E-state index contributed by atoms with van der Waals surface area (Å²) in [6.45, 7) is 2.13. The summed E-state index contributed by atoms with van der Waals surface area (Å²) in [5, 5.41) is 9.72. The van der Waals surface area contributed by atoms with Gasteiger partial charge in [0.15, 0.2) is 0 Å². The number of rotatable bonds is 8. The molecule has 0 radical (unpaired) electrons. The first kappa shape index (κ1) is 15.5. The van der Waals surface area contributed by atoms with Crippen molar-refractivity contribution in [2.75, 3.05) is 40.5 Å². The molecule has 0 aliphatic carbocycles. The maximum absolute atomic E-state index is 12.3. The minimum Gasteiger partial charge on any atom is -0.507 e. The van der Waals surface area contributed by atoms with Gasteiger partial charge < -0.3 is 19.5 Å². The lowest BCUT2D eigenvalue weighted by molar-refractivity contribution is 0.0671. The third-order valence-electron chi connectivity index (χ3n) is 2.76. The number of ether oxygens (including phenoxy) is 2. The van der Waals surface area contributed by atoms with Crippen molar-refractivity contribution < 1.29 is 19.4 Å². The first-order valence-corrected chi connectivity index (χ1v) is 6.25. The van der Waals surface area contributed by atoms with Gasteiger partial charge in [-0.25, -0.2) is 0 Å². The van der Waals surface area contributed by atoms with E-state index in [4.69, 9.17) is 9.47 Å². The first-order chi connectivity index (χ1) is 9.20. The third kappa shape index (κ3) is 4.89. The maximum Gasteiger partial charge on any atom is 0.257 e. The number of hydrogen-bond acceptors (Lipinski definition) is 4. The smallest absolute Gasteiger partial charge is 0.257 e. The lowest BCUT2D eigenvalue weighted by atomic mass is 10.1. The van der Waals surface area contributed by atoms with Gasteiger partial charge in [0.1, 0.15) is 5.75 Å². The van der Waals surface area contributed by atoms with Crippen LogP contribution in [0.3, 0.4) is 0 Å². The Kier molecular flexibility index (Phi) is 6.92. The summed E-state index contributed by atoms with van der Waals surface area (Å²) in [4.78, 5) is 14.0. The van der Waals surface area contributed by atoms with E-state index in [1.807, 2.05) is 0 Å². The quantitative estimate of drug-likeness (QED) is 0.725. The van der Waals surface area contributed by atoms with Gasteiger partial charge in [-0.1, -0.05) is 12.1 Å². The number of nitrogens with zero attached hydrogens (tertiary/aromatic N) is 1. The van der Waals surface area contributed by atoms with E-state index in [0.29, 0.717) is 31.9 Å². The van der Waals surface area contributed by atoms with E-state index in [1.54, 1.807) is 37.3 Å². The van der Waals surface area contributed by atoms with Gasteiger partial charge in [0.2, 0.25) is 0 Å². The molecule has 5 heteroatoms. The molecule has 1 amide bonds. The number of methoxy groups -OCH3 is 2. The highest BCUT2D eigenvalue weighted by atomic mass is 16.5. The Balaban J connectivity index is 2.72. The number of amides is 1. The third-order valence-corrected chi connectivity index (χ3v) is 2.76. The minimum atomic E-state index is -0.189. The Labute approximate surface area is 113 Å². The van der Waals surface area contributed by atoms with E-state index in [2.05, 4.69) is 0 Å². The molecule has 5 nitrogen and oxygen atoms in total. The molecule has 0 aliphatic heterocycles. The number of carbonyl (C=O) groups is 1. The van der Waals surface area contributed by atoms with Crippen molar-refractivity contribution in [1.29, 1.82) is 0 Å².